The molecule has 0 amide bonds. The molecule has 6 rings (SSSR count). The highest BCUT2D eigenvalue weighted by Gasteiger charge is 2.63. The zero-order valence-corrected chi connectivity index (χ0v) is 15.3. The summed E-state index contributed by atoms with van der Waals surface area (Å²) in [6.45, 7) is 0. The third kappa shape index (κ3) is 2.25. The van der Waals surface area contributed by atoms with Crippen LogP contribution in [0.4, 0.5) is 17.3 Å². The Hall–Kier alpha value is -3.94. The van der Waals surface area contributed by atoms with Gasteiger partial charge < -0.3 is 9.47 Å². The first kappa shape index (κ1) is 16.1. The van der Waals surface area contributed by atoms with Gasteiger partial charge in [0.2, 0.25) is 0 Å². The minimum Gasteiger partial charge on any atom is -0.393 e. The van der Waals surface area contributed by atoms with Gasteiger partial charge in [0.05, 0.1) is 5.69 Å². The second-order valence-electron chi connectivity index (χ2n) is 6.75. The molecule has 3 aromatic rings. The number of nitrogens with zero attached hydrogens (tertiary/aromatic N) is 6. The summed E-state index contributed by atoms with van der Waals surface area (Å²) in [4.78, 5) is 21.7. The molecule has 3 aliphatic rings. The highest BCUT2D eigenvalue weighted by molar-refractivity contribution is 5.81. The Bertz CT molecular complexity index is 1120. The molecule has 0 radical (unpaired) electrons. The molecule has 0 saturated carbocycles. The van der Waals surface area contributed by atoms with Gasteiger partial charge in [-0.05, 0) is 31.1 Å². The quantitative estimate of drug-likeness (QED) is 0.664. The number of hydrogen-bond acceptors (Lipinski definition) is 8. The van der Waals surface area contributed by atoms with Crippen LogP contribution in [-0.4, -0.2) is 26.0 Å². The Morgan fingerprint density at radius 1 is 0.793 bits per heavy atom. The van der Waals surface area contributed by atoms with Gasteiger partial charge in [-0.1, -0.05) is 30.4 Å². The van der Waals surface area contributed by atoms with E-state index < -0.39 is 6.03 Å². The number of rotatable bonds is 2. The summed E-state index contributed by atoms with van der Waals surface area (Å²) in [7, 11) is 0. The lowest BCUT2D eigenvalue weighted by atomic mass is 10.1. The normalized spacial score (nSPS) is 18.1. The van der Waals surface area contributed by atoms with Gasteiger partial charge in [0, 0.05) is 30.5 Å². The standard InChI is InChI=1S/C21H16N6O2/c1-3-7-15(8-4-1)26-17-18(23-12-11-22-17)27(16-9-5-2-6-10-16)21(26)28-19-20(29-21)25-14-13-24-19/h1-5,7-9,11-14H,6,10H2. The van der Waals surface area contributed by atoms with E-state index in [0.717, 1.165) is 24.2 Å². The topological polar surface area (TPSA) is 76.5 Å². The first-order chi connectivity index (χ1) is 14.4. The van der Waals surface area contributed by atoms with Crippen LogP contribution in [0.15, 0.2) is 79.0 Å². The molecule has 0 saturated heterocycles. The van der Waals surface area contributed by atoms with Crippen LogP contribution in [0.5, 0.6) is 11.8 Å². The highest BCUT2D eigenvalue weighted by atomic mass is 16.8. The second-order valence-corrected chi connectivity index (χ2v) is 6.75. The van der Waals surface area contributed by atoms with Crippen molar-refractivity contribution in [2.75, 3.05) is 9.80 Å². The molecular weight excluding hydrogens is 368 g/mol. The van der Waals surface area contributed by atoms with Gasteiger partial charge in [-0.15, -0.1) is 0 Å². The van der Waals surface area contributed by atoms with Crippen molar-refractivity contribution in [3.05, 3.63) is 79.0 Å². The van der Waals surface area contributed by atoms with Crippen molar-refractivity contribution in [3.63, 3.8) is 0 Å². The van der Waals surface area contributed by atoms with Crippen molar-refractivity contribution < 1.29 is 9.47 Å². The maximum Gasteiger partial charge on any atom is 0.448 e. The SMILES string of the molecule is C1=CCCC(N2c3nccnc3N(c3ccccc3)C23Oc2nccnc2O3)=C1. The third-order valence-corrected chi connectivity index (χ3v) is 5.03. The summed E-state index contributed by atoms with van der Waals surface area (Å²) < 4.78 is 12.8. The molecule has 1 aliphatic carbocycles. The van der Waals surface area contributed by atoms with Crippen LogP contribution < -0.4 is 19.3 Å². The van der Waals surface area contributed by atoms with Gasteiger partial charge in [0.15, 0.2) is 11.6 Å². The predicted molar refractivity (Wildman–Crippen MR) is 106 cm³/mol. The number of allylic oxidation sites excluding steroid dienone is 4. The molecule has 1 spiro atoms. The van der Waals surface area contributed by atoms with E-state index in [0.29, 0.717) is 23.4 Å². The van der Waals surface area contributed by atoms with Crippen LogP contribution in [0, 0.1) is 0 Å². The van der Waals surface area contributed by atoms with Crippen LogP contribution in [0.1, 0.15) is 12.8 Å². The van der Waals surface area contributed by atoms with Gasteiger partial charge in [-0.3, -0.25) is 0 Å². The molecule has 4 heterocycles. The van der Waals surface area contributed by atoms with Crippen LogP contribution >= 0.6 is 0 Å². The third-order valence-electron chi connectivity index (χ3n) is 5.03. The first-order valence-electron chi connectivity index (χ1n) is 9.38. The fraction of sp³-hybridized carbons (Fsp3) is 0.143. The van der Waals surface area contributed by atoms with E-state index in [1.54, 1.807) is 24.8 Å². The smallest absolute Gasteiger partial charge is 0.393 e. The molecule has 2 aromatic heterocycles. The van der Waals surface area contributed by atoms with Crippen molar-refractivity contribution in [2.45, 2.75) is 18.9 Å². The minimum atomic E-state index is -1.38. The Kier molecular flexibility index (Phi) is 3.34. The lowest BCUT2D eigenvalue weighted by molar-refractivity contribution is -0.0664. The van der Waals surface area contributed by atoms with Gasteiger partial charge in [-0.2, -0.15) is 0 Å². The molecule has 142 valence electrons. The molecule has 0 bridgehead atoms. The molecule has 0 fully saturated rings. The molecule has 0 unspecified atom stereocenters. The largest absolute Gasteiger partial charge is 0.448 e. The molecule has 8 heteroatoms. The zero-order valence-electron chi connectivity index (χ0n) is 15.3. The molecule has 8 nitrogen and oxygen atoms in total. The maximum absolute atomic E-state index is 6.38. The highest BCUT2D eigenvalue weighted by Crippen LogP contribution is 2.53. The fourth-order valence-corrected chi connectivity index (χ4v) is 3.87. The van der Waals surface area contributed by atoms with E-state index in [1.807, 2.05) is 46.2 Å². The second kappa shape index (κ2) is 6.03. The van der Waals surface area contributed by atoms with Crippen molar-refractivity contribution in [2.24, 2.45) is 0 Å². The van der Waals surface area contributed by atoms with E-state index in [9.17, 15) is 0 Å². The average Bonchev–Trinajstić information content (AvgIpc) is 3.29. The molecule has 29 heavy (non-hydrogen) atoms. The number of hydrogen-bond donors (Lipinski definition) is 0. The van der Waals surface area contributed by atoms with Crippen LogP contribution in [-0.2, 0) is 0 Å². The van der Waals surface area contributed by atoms with Crippen LogP contribution in [0.25, 0.3) is 0 Å². The average molecular weight is 384 g/mol. The monoisotopic (exact) mass is 384 g/mol. The summed E-state index contributed by atoms with van der Waals surface area (Å²) in [5.41, 5.74) is 1.87. The number of fused-ring (bicyclic) bond motifs is 2. The van der Waals surface area contributed by atoms with Crippen LogP contribution in [0.3, 0.4) is 0 Å². The predicted octanol–water partition coefficient (Wildman–Crippen LogP) is 3.54. The Balaban J connectivity index is 1.61. The Morgan fingerprint density at radius 2 is 1.45 bits per heavy atom. The van der Waals surface area contributed by atoms with Gasteiger partial charge >= 0.3 is 6.03 Å². The van der Waals surface area contributed by atoms with E-state index in [2.05, 4.69) is 32.1 Å². The number of para-hydroxylation sites is 1. The first-order valence-corrected chi connectivity index (χ1v) is 9.38. The lowest BCUT2D eigenvalue weighted by Gasteiger charge is -2.38. The van der Waals surface area contributed by atoms with Crippen molar-refractivity contribution in [3.8, 4) is 11.8 Å². The van der Waals surface area contributed by atoms with Gasteiger partial charge in [0.25, 0.3) is 11.8 Å². The van der Waals surface area contributed by atoms with Crippen molar-refractivity contribution >= 4 is 17.3 Å². The number of aromatic nitrogens is 4. The molecule has 1 aromatic carbocycles. The van der Waals surface area contributed by atoms with E-state index in [4.69, 9.17) is 9.47 Å². The zero-order chi connectivity index (χ0) is 19.3. The fourth-order valence-electron chi connectivity index (χ4n) is 3.87. The Morgan fingerprint density at radius 3 is 2.10 bits per heavy atom. The number of anilines is 3. The van der Waals surface area contributed by atoms with E-state index in [-0.39, 0.29) is 0 Å². The van der Waals surface area contributed by atoms with Gasteiger partial charge in [0.1, 0.15) is 0 Å². The summed E-state index contributed by atoms with van der Waals surface area (Å²) in [5, 5.41) is 0. The van der Waals surface area contributed by atoms with Crippen LogP contribution in [0.2, 0.25) is 0 Å². The minimum absolute atomic E-state index is 0.332. The summed E-state index contributed by atoms with van der Waals surface area (Å²) in [6, 6.07) is 8.47. The van der Waals surface area contributed by atoms with Crippen molar-refractivity contribution in [1.29, 1.82) is 0 Å². The maximum atomic E-state index is 6.38. The number of benzene rings is 1. The molecule has 0 atom stereocenters. The molecule has 0 N–H and O–H groups in total. The van der Waals surface area contributed by atoms with E-state index in [1.165, 1.54) is 0 Å². The van der Waals surface area contributed by atoms with Gasteiger partial charge in [-0.25, -0.2) is 29.7 Å². The lowest BCUT2D eigenvalue weighted by Crippen LogP contribution is -2.62. The summed E-state index contributed by atoms with van der Waals surface area (Å²) in [6.07, 6.45) is 14.5. The summed E-state index contributed by atoms with van der Waals surface area (Å²) in [5.74, 6) is 1.96. The summed E-state index contributed by atoms with van der Waals surface area (Å²) >= 11 is 0. The number of ether oxygens (including phenoxy) is 2. The van der Waals surface area contributed by atoms with E-state index >= 15 is 0 Å². The molecular formula is C21H16N6O2. The van der Waals surface area contributed by atoms with Crippen molar-refractivity contribution in [1.82, 2.24) is 19.9 Å². The Labute approximate surface area is 166 Å². The molecule has 2 aliphatic heterocycles.